The maximum absolute atomic E-state index is 12.4. The molecule has 0 spiro atoms. The Morgan fingerprint density at radius 3 is 3.08 bits per heavy atom. The molecule has 26 heavy (non-hydrogen) atoms. The molecule has 3 aromatic rings. The minimum Gasteiger partial charge on any atom is -0.390 e. The lowest BCUT2D eigenvalue weighted by Crippen LogP contribution is -2.40. The number of nitrogens with one attached hydrogen (secondary N) is 1. The summed E-state index contributed by atoms with van der Waals surface area (Å²) in [6.07, 6.45) is 0. The summed E-state index contributed by atoms with van der Waals surface area (Å²) in [4.78, 5) is 21.8. The van der Waals surface area contributed by atoms with Gasteiger partial charge in [-0.1, -0.05) is 6.07 Å². The Morgan fingerprint density at radius 1 is 1.35 bits per heavy atom. The van der Waals surface area contributed by atoms with Gasteiger partial charge in [0.1, 0.15) is 19.0 Å². The third kappa shape index (κ3) is 3.33. The summed E-state index contributed by atoms with van der Waals surface area (Å²) >= 11 is 0. The quantitative estimate of drug-likeness (QED) is 0.715. The number of benzene rings is 1. The van der Waals surface area contributed by atoms with Crippen LogP contribution < -0.4 is 0 Å². The van der Waals surface area contributed by atoms with E-state index in [1.165, 1.54) is 0 Å². The Bertz CT molecular complexity index is 946. The van der Waals surface area contributed by atoms with Crippen LogP contribution >= 0.6 is 0 Å². The Labute approximate surface area is 150 Å². The van der Waals surface area contributed by atoms with Crippen LogP contribution in [0.25, 0.3) is 11.0 Å². The summed E-state index contributed by atoms with van der Waals surface area (Å²) in [7, 11) is 0. The topological polar surface area (TPSA) is 96.3 Å². The first-order chi connectivity index (χ1) is 12.6. The van der Waals surface area contributed by atoms with E-state index in [9.17, 15) is 4.79 Å². The molecule has 0 atom stereocenters. The van der Waals surface area contributed by atoms with Crippen molar-refractivity contribution in [1.82, 2.24) is 24.6 Å². The number of aromatic nitrogens is 4. The molecule has 136 valence electrons. The number of nitrogens with zero attached hydrogens (tertiary/aromatic N) is 4. The number of aryl methyl sites for hydroxylation is 1. The first-order valence-corrected chi connectivity index (χ1v) is 8.59. The van der Waals surface area contributed by atoms with Gasteiger partial charge in [-0.3, -0.25) is 9.48 Å². The molecule has 3 heterocycles. The van der Waals surface area contributed by atoms with Crippen LogP contribution in [-0.2, 0) is 35.8 Å². The Balaban J connectivity index is 1.32. The van der Waals surface area contributed by atoms with E-state index in [-0.39, 0.29) is 25.7 Å². The number of amides is 1. The van der Waals surface area contributed by atoms with E-state index in [4.69, 9.17) is 9.84 Å². The van der Waals surface area contributed by atoms with Gasteiger partial charge in [0.2, 0.25) is 5.91 Å². The summed E-state index contributed by atoms with van der Waals surface area (Å²) in [5, 5.41) is 13.4. The summed E-state index contributed by atoms with van der Waals surface area (Å²) in [6.45, 7) is 3.92. The van der Waals surface area contributed by atoms with Crippen LogP contribution in [0, 0.1) is 6.92 Å². The van der Waals surface area contributed by atoms with E-state index in [0.29, 0.717) is 31.2 Å². The largest absolute Gasteiger partial charge is 0.390 e. The van der Waals surface area contributed by atoms with Gasteiger partial charge in [0.05, 0.1) is 42.1 Å². The zero-order valence-electron chi connectivity index (χ0n) is 14.6. The van der Waals surface area contributed by atoms with E-state index in [0.717, 1.165) is 22.3 Å². The molecule has 2 aromatic heterocycles. The van der Waals surface area contributed by atoms with Crippen LogP contribution in [0.3, 0.4) is 0 Å². The van der Waals surface area contributed by atoms with Crippen LogP contribution in [0.2, 0.25) is 0 Å². The van der Waals surface area contributed by atoms with Crippen molar-refractivity contribution in [3.63, 3.8) is 0 Å². The van der Waals surface area contributed by atoms with Crippen molar-refractivity contribution in [3.05, 3.63) is 47.0 Å². The number of hydrogen-bond donors (Lipinski definition) is 2. The van der Waals surface area contributed by atoms with E-state index in [2.05, 4.69) is 15.1 Å². The number of carbonyl (C=O) groups excluding carboxylic acids is 1. The zero-order valence-corrected chi connectivity index (χ0v) is 14.6. The van der Waals surface area contributed by atoms with Gasteiger partial charge in [-0.05, 0) is 30.7 Å². The maximum Gasteiger partial charge on any atom is 0.249 e. The van der Waals surface area contributed by atoms with Crippen molar-refractivity contribution >= 4 is 16.9 Å². The van der Waals surface area contributed by atoms with Gasteiger partial charge in [0.15, 0.2) is 0 Å². The van der Waals surface area contributed by atoms with Crippen molar-refractivity contribution in [2.75, 3.05) is 13.2 Å². The standard InChI is InChI=1S/C18H21N5O3/c1-12-2-3-15-16(6-12)20-17(19-15)10-26-11-18(25)22-4-5-23-14(8-22)7-13(9-24)21-23/h2-3,6-7,24H,4-5,8-11H2,1H3,(H,19,20). The zero-order chi connectivity index (χ0) is 18.1. The fraction of sp³-hybridized carbons (Fsp3) is 0.389. The molecular formula is C18H21N5O3. The van der Waals surface area contributed by atoms with Gasteiger partial charge in [-0.25, -0.2) is 4.98 Å². The van der Waals surface area contributed by atoms with Gasteiger partial charge in [-0.15, -0.1) is 0 Å². The molecule has 0 radical (unpaired) electrons. The Hall–Kier alpha value is -2.71. The number of carbonyl (C=O) groups is 1. The molecule has 0 aliphatic carbocycles. The Kier molecular flexibility index (Phi) is 4.44. The number of aromatic amines is 1. The smallest absolute Gasteiger partial charge is 0.249 e. The lowest BCUT2D eigenvalue weighted by atomic mass is 10.2. The molecule has 4 rings (SSSR count). The van der Waals surface area contributed by atoms with Crippen molar-refractivity contribution in [3.8, 4) is 0 Å². The monoisotopic (exact) mass is 355 g/mol. The summed E-state index contributed by atoms with van der Waals surface area (Å²) < 4.78 is 7.40. The Morgan fingerprint density at radius 2 is 2.23 bits per heavy atom. The summed E-state index contributed by atoms with van der Waals surface area (Å²) in [6, 6.07) is 7.85. The van der Waals surface area contributed by atoms with Crippen LogP contribution in [0.4, 0.5) is 0 Å². The second kappa shape index (κ2) is 6.89. The van der Waals surface area contributed by atoms with Crippen molar-refractivity contribution in [2.24, 2.45) is 0 Å². The predicted octanol–water partition coefficient (Wildman–Crippen LogP) is 1.12. The van der Waals surface area contributed by atoms with Gasteiger partial charge in [0.25, 0.3) is 0 Å². The second-order valence-electron chi connectivity index (χ2n) is 6.52. The van der Waals surface area contributed by atoms with Crippen LogP contribution in [-0.4, -0.2) is 48.8 Å². The first-order valence-electron chi connectivity index (χ1n) is 8.59. The summed E-state index contributed by atoms with van der Waals surface area (Å²) in [5.41, 5.74) is 4.59. The minimum atomic E-state index is -0.0892. The van der Waals surface area contributed by atoms with Gasteiger partial charge in [0, 0.05) is 6.54 Å². The van der Waals surface area contributed by atoms with E-state index < -0.39 is 0 Å². The maximum atomic E-state index is 12.4. The normalized spacial score (nSPS) is 14.0. The molecule has 0 fully saturated rings. The van der Waals surface area contributed by atoms with Gasteiger partial charge >= 0.3 is 0 Å². The van der Waals surface area contributed by atoms with E-state index in [1.807, 2.05) is 35.9 Å². The fourth-order valence-corrected chi connectivity index (χ4v) is 3.19. The third-order valence-electron chi connectivity index (χ3n) is 4.51. The lowest BCUT2D eigenvalue weighted by molar-refractivity contribution is -0.138. The van der Waals surface area contributed by atoms with Crippen LogP contribution in [0.15, 0.2) is 24.3 Å². The first kappa shape index (κ1) is 16.7. The minimum absolute atomic E-state index is 0.0110. The number of aliphatic hydroxyl groups excluding tert-OH is 1. The third-order valence-corrected chi connectivity index (χ3v) is 4.51. The average Bonchev–Trinajstić information content (AvgIpc) is 3.23. The molecule has 0 saturated heterocycles. The van der Waals surface area contributed by atoms with Crippen molar-refractivity contribution in [2.45, 2.75) is 33.2 Å². The van der Waals surface area contributed by atoms with Crippen molar-refractivity contribution < 1.29 is 14.6 Å². The number of hydrogen-bond acceptors (Lipinski definition) is 5. The molecule has 1 aliphatic rings. The number of aliphatic hydroxyl groups is 1. The fourth-order valence-electron chi connectivity index (χ4n) is 3.19. The summed E-state index contributed by atoms with van der Waals surface area (Å²) in [5.74, 6) is 0.651. The van der Waals surface area contributed by atoms with Crippen LogP contribution in [0.5, 0.6) is 0 Å². The predicted molar refractivity (Wildman–Crippen MR) is 94.1 cm³/mol. The molecule has 8 heteroatoms. The van der Waals surface area contributed by atoms with E-state index in [1.54, 1.807) is 4.90 Å². The van der Waals surface area contributed by atoms with Crippen molar-refractivity contribution in [1.29, 1.82) is 0 Å². The second-order valence-corrected chi connectivity index (χ2v) is 6.52. The molecular weight excluding hydrogens is 334 g/mol. The number of fused-ring (bicyclic) bond motifs is 2. The molecule has 1 aliphatic heterocycles. The highest BCUT2D eigenvalue weighted by molar-refractivity contribution is 5.77. The molecule has 8 nitrogen and oxygen atoms in total. The molecule has 2 N–H and O–H groups in total. The number of ether oxygens (including phenoxy) is 1. The van der Waals surface area contributed by atoms with E-state index >= 15 is 0 Å². The number of rotatable bonds is 5. The number of imidazole rings is 1. The van der Waals surface area contributed by atoms with Crippen LogP contribution in [0.1, 0.15) is 22.8 Å². The highest BCUT2D eigenvalue weighted by Gasteiger charge is 2.22. The van der Waals surface area contributed by atoms with Gasteiger partial charge in [-0.2, -0.15) is 5.10 Å². The highest BCUT2D eigenvalue weighted by atomic mass is 16.5. The number of H-pyrrole nitrogens is 1. The molecule has 1 amide bonds. The lowest BCUT2D eigenvalue weighted by Gasteiger charge is -2.27. The molecule has 1 aromatic carbocycles. The van der Waals surface area contributed by atoms with Gasteiger partial charge < -0.3 is 19.7 Å². The highest BCUT2D eigenvalue weighted by Crippen LogP contribution is 2.15. The molecule has 0 bridgehead atoms. The average molecular weight is 355 g/mol. The SMILES string of the molecule is Cc1ccc2nc(COCC(=O)N3CCn4nc(CO)cc4C3)[nH]c2c1. The molecule has 0 unspecified atom stereocenters. The molecule has 0 saturated carbocycles.